The molecule has 1 aliphatic rings. The maximum atomic E-state index is 11.2. The van der Waals surface area contributed by atoms with Gasteiger partial charge in [-0.1, -0.05) is 0 Å². The fourth-order valence-electron chi connectivity index (χ4n) is 1.63. The summed E-state index contributed by atoms with van der Waals surface area (Å²) in [6.07, 6.45) is 4.29. The zero-order valence-electron chi connectivity index (χ0n) is 8.70. The molecule has 0 unspecified atom stereocenters. The standard InChI is InChI=1S/C10H17NO4/c12-9(13)6-3-7-11-10(14)15-8-4-1-2-5-8/h8H,1-7H2,(H,11,14)(H,12,13). The number of hydrogen-bond donors (Lipinski definition) is 2. The van der Waals surface area contributed by atoms with Crippen molar-refractivity contribution in [2.24, 2.45) is 0 Å². The van der Waals surface area contributed by atoms with Crippen LogP contribution >= 0.6 is 0 Å². The van der Waals surface area contributed by atoms with Crippen LogP contribution in [0.5, 0.6) is 0 Å². The normalized spacial score (nSPS) is 16.3. The lowest BCUT2D eigenvalue weighted by Crippen LogP contribution is -2.28. The summed E-state index contributed by atoms with van der Waals surface area (Å²) >= 11 is 0. The molecule has 1 aliphatic carbocycles. The summed E-state index contributed by atoms with van der Waals surface area (Å²) in [5.41, 5.74) is 0. The van der Waals surface area contributed by atoms with Crippen LogP contribution in [0.15, 0.2) is 0 Å². The lowest BCUT2D eigenvalue weighted by atomic mass is 10.3. The zero-order chi connectivity index (χ0) is 11.1. The third kappa shape index (κ3) is 5.24. The second kappa shape index (κ2) is 6.27. The van der Waals surface area contributed by atoms with Crippen LogP contribution in [0.1, 0.15) is 38.5 Å². The number of carboxylic acids is 1. The Kier molecular flexibility index (Phi) is 4.93. The highest BCUT2D eigenvalue weighted by Crippen LogP contribution is 2.20. The van der Waals surface area contributed by atoms with Crippen molar-refractivity contribution in [3.63, 3.8) is 0 Å². The molecule has 2 N–H and O–H groups in total. The van der Waals surface area contributed by atoms with Crippen LogP contribution in [0, 0.1) is 0 Å². The molecule has 1 rings (SSSR count). The number of carboxylic acid groups (broad SMARTS) is 1. The molecule has 5 heteroatoms. The Balaban J connectivity index is 2.00. The molecule has 0 spiro atoms. The molecule has 0 saturated heterocycles. The molecule has 86 valence electrons. The van der Waals surface area contributed by atoms with E-state index in [1.807, 2.05) is 0 Å². The van der Waals surface area contributed by atoms with E-state index in [2.05, 4.69) is 5.32 Å². The molecule has 0 bridgehead atoms. The molecule has 15 heavy (non-hydrogen) atoms. The van der Waals surface area contributed by atoms with E-state index in [0.717, 1.165) is 25.7 Å². The Morgan fingerprint density at radius 1 is 1.33 bits per heavy atom. The quantitative estimate of drug-likeness (QED) is 0.682. The Labute approximate surface area is 88.8 Å². The van der Waals surface area contributed by atoms with E-state index in [1.54, 1.807) is 0 Å². The van der Waals surface area contributed by atoms with Gasteiger partial charge in [-0.05, 0) is 32.1 Å². The van der Waals surface area contributed by atoms with Crippen molar-refractivity contribution in [3.05, 3.63) is 0 Å². The third-order valence-corrected chi connectivity index (χ3v) is 2.41. The molecule has 1 fully saturated rings. The van der Waals surface area contributed by atoms with Crippen molar-refractivity contribution in [1.82, 2.24) is 5.32 Å². The van der Waals surface area contributed by atoms with Gasteiger partial charge in [-0.15, -0.1) is 0 Å². The van der Waals surface area contributed by atoms with E-state index in [0.29, 0.717) is 13.0 Å². The highest BCUT2D eigenvalue weighted by Gasteiger charge is 2.18. The van der Waals surface area contributed by atoms with Crippen LogP contribution < -0.4 is 5.32 Å². The first-order valence-electron chi connectivity index (χ1n) is 5.35. The molecule has 0 aromatic carbocycles. The Morgan fingerprint density at radius 2 is 2.00 bits per heavy atom. The molecule has 1 saturated carbocycles. The second-order valence-corrected chi connectivity index (χ2v) is 3.74. The fraction of sp³-hybridized carbons (Fsp3) is 0.800. The minimum atomic E-state index is -0.846. The van der Waals surface area contributed by atoms with Gasteiger partial charge in [0.2, 0.25) is 0 Å². The largest absolute Gasteiger partial charge is 0.481 e. The van der Waals surface area contributed by atoms with E-state index >= 15 is 0 Å². The Morgan fingerprint density at radius 3 is 2.60 bits per heavy atom. The van der Waals surface area contributed by atoms with E-state index in [-0.39, 0.29) is 12.5 Å². The first-order chi connectivity index (χ1) is 7.18. The van der Waals surface area contributed by atoms with Gasteiger partial charge < -0.3 is 15.2 Å². The van der Waals surface area contributed by atoms with Gasteiger partial charge in [0, 0.05) is 13.0 Å². The number of amides is 1. The summed E-state index contributed by atoms with van der Waals surface area (Å²) in [5, 5.41) is 10.9. The van der Waals surface area contributed by atoms with Crippen LogP contribution in [0.4, 0.5) is 4.79 Å². The summed E-state index contributed by atoms with van der Waals surface area (Å²) in [6.45, 7) is 0.359. The van der Waals surface area contributed by atoms with Gasteiger partial charge in [0.15, 0.2) is 0 Å². The average molecular weight is 215 g/mol. The molecule has 0 atom stereocenters. The van der Waals surface area contributed by atoms with E-state index in [1.165, 1.54) is 0 Å². The van der Waals surface area contributed by atoms with Gasteiger partial charge in [0.05, 0.1) is 0 Å². The maximum Gasteiger partial charge on any atom is 0.407 e. The van der Waals surface area contributed by atoms with E-state index in [9.17, 15) is 9.59 Å². The fourth-order valence-corrected chi connectivity index (χ4v) is 1.63. The summed E-state index contributed by atoms with van der Waals surface area (Å²) < 4.78 is 5.12. The van der Waals surface area contributed by atoms with Gasteiger partial charge in [-0.25, -0.2) is 4.79 Å². The predicted octanol–water partition coefficient (Wildman–Crippen LogP) is 1.52. The lowest BCUT2D eigenvalue weighted by Gasteiger charge is -2.11. The van der Waals surface area contributed by atoms with Gasteiger partial charge >= 0.3 is 12.1 Å². The van der Waals surface area contributed by atoms with Crippen molar-refractivity contribution in [2.45, 2.75) is 44.6 Å². The van der Waals surface area contributed by atoms with E-state index < -0.39 is 12.1 Å². The molecule has 0 aliphatic heterocycles. The Hall–Kier alpha value is -1.26. The van der Waals surface area contributed by atoms with Crippen molar-refractivity contribution >= 4 is 12.1 Å². The average Bonchev–Trinajstić information content (AvgIpc) is 2.64. The summed E-state index contributed by atoms with van der Waals surface area (Å²) in [5.74, 6) is -0.846. The van der Waals surface area contributed by atoms with Crippen LogP contribution in [0.2, 0.25) is 0 Å². The van der Waals surface area contributed by atoms with Crippen LogP contribution in [-0.2, 0) is 9.53 Å². The van der Waals surface area contributed by atoms with Gasteiger partial charge in [-0.3, -0.25) is 4.79 Å². The number of rotatable bonds is 5. The van der Waals surface area contributed by atoms with Crippen molar-refractivity contribution < 1.29 is 19.4 Å². The number of aliphatic carboxylic acids is 1. The maximum absolute atomic E-state index is 11.2. The summed E-state index contributed by atoms with van der Waals surface area (Å²) in [7, 11) is 0. The highest BCUT2D eigenvalue weighted by atomic mass is 16.6. The molecule has 5 nitrogen and oxygen atoms in total. The van der Waals surface area contributed by atoms with Crippen molar-refractivity contribution in [2.75, 3.05) is 6.54 Å². The number of carbonyl (C=O) groups is 2. The predicted molar refractivity (Wildman–Crippen MR) is 53.6 cm³/mol. The summed E-state index contributed by atoms with van der Waals surface area (Å²) in [4.78, 5) is 21.3. The molecular weight excluding hydrogens is 198 g/mol. The molecule has 0 aromatic heterocycles. The molecule has 0 radical (unpaired) electrons. The van der Waals surface area contributed by atoms with Crippen molar-refractivity contribution in [1.29, 1.82) is 0 Å². The molecule has 1 amide bonds. The molecule has 0 heterocycles. The first-order valence-corrected chi connectivity index (χ1v) is 5.35. The van der Waals surface area contributed by atoms with Crippen LogP contribution in [0.25, 0.3) is 0 Å². The number of hydrogen-bond acceptors (Lipinski definition) is 3. The molecule has 0 aromatic rings. The third-order valence-electron chi connectivity index (χ3n) is 2.41. The highest BCUT2D eigenvalue weighted by molar-refractivity contribution is 5.68. The molecular formula is C10H17NO4. The number of carbonyl (C=O) groups excluding carboxylic acids is 1. The van der Waals surface area contributed by atoms with Gasteiger partial charge in [0.25, 0.3) is 0 Å². The zero-order valence-corrected chi connectivity index (χ0v) is 8.70. The smallest absolute Gasteiger partial charge is 0.407 e. The summed E-state index contributed by atoms with van der Waals surface area (Å²) in [6, 6.07) is 0. The van der Waals surface area contributed by atoms with Gasteiger partial charge in [0.1, 0.15) is 6.10 Å². The SMILES string of the molecule is O=C(O)CCCNC(=O)OC1CCCC1. The van der Waals surface area contributed by atoms with Crippen LogP contribution in [0.3, 0.4) is 0 Å². The number of ether oxygens (including phenoxy) is 1. The second-order valence-electron chi connectivity index (χ2n) is 3.74. The monoisotopic (exact) mass is 215 g/mol. The first kappa shape index (κ1) is 11.8. The van der Waals surface area contributed by atoms with Gasteiger partial charge in [-0.2, -0.15) is 0 Å². The minimum absolute atomic E-state index is 0.0597. The van der Waals surface area contributed by atoms with E-state index in [4.69, 9.17) is 9.84 Å². The Bertz CT molecular complexity index is 223. The number of nitrogens with one attached hydrogen (secondary N) is 1. The minimum Gasteiger partial charge on any atom is -0.481 e. The number of alkyl carbamates (subject to hydrolysis) is 1. The van der Waals surface area contributed by atoms with Crippen molar-refractivity contribution in [3.8, 4) is 0 Å². The topological polar surface area (TPSA) is 75.6 Å². The van der Waals surface area contributed by atoms with Crippen LogP contribution in [-0.4, -0.2) is 29.8 Å². The lowest BCUT2D eigenvalue weighted by molar-refractivity contribution is -0.137.